The summed E-state index contributed by atoms with van der Waals surface area (Å²) >= 11 is 0. The third-order valence-corrected chi connectivity index (χ3v) is 3.70. The zero-order chi connectivity index (χ0) is 14.6. The molecule has 3 heterocycles. The first-order valence-electron chi connectivity index (χ1n) is 6.62. The Balaban J connectivity index is 1.94. The number of carbonyl (C=O) groups excluding carboxylic acids is 2. The summed E-state index contributed by atoms with van der Waals surface area (Å²) in [6, 6.07) is 3.50. The zero-order valence-corrected chi connectivity index (χ0v) is 11.2. The van der Waals surface area contributed by atoms with Crippen molar-refractivity contribution in [2.75, 3.05) is 0 Å². The quantitative estimate of drug-likeness (QED) is 0.684. The van der Waals surface area contributed by atoms with E-state index < -0.39 is 5.92 Å². The first-order valence-corrected chi connectivity index (χ1v) is 6.62. The van der Waals surface area contributed by atoms with Crippen molar-refractivity contribution in [3.8, 4) is 0 Å². The first-order chi connectivity index (χ1) is 10.1. The number of aryl methyl sites for hydroxylation is 1. The van der Waals surface area contributed by atoms with Crippen LogP contribution in [0.1, 0.15) is 30.3 Å². The molecule has 2 aromatic heterocycles. The van der Waals surface area contributed by atoms with E-state index in [1.165, 1.54) is 0 Å². The topological polar surface area (TPSA) is 98.2 Å². The van der Waals surface area contributed by atoms with Crippen LogP contribution >= 0.6 is 0 Å². The molecule has 1 aliphatic rings. The van der Waals surface area contributed by atoms with Crippen molar-refractivity contribution in [2.45, 2.75) is 25.7 Å². The van der Waals surface area contributed by atoms with E-state index in [1.807, 2.05) is 0 Å². The number of fused-ring (bicyclic) bond motifs is 3. The maximum Gasteiger partial charge on any atom is 0.235 e. The predicted octanol–water partition coefficient (Wildman–Crippen LogP) is 1.80. The maximum absolute atomic E-state index is 12.0. The van der Waals surface area contributed by atoms with Crippen molar-refractivity contribution in [2.24, 2.45) is 0 Å². The lowest BCUT2D eigenvalue weighted by atomic mass is 9.92. The van der Waals surface area contributed by atoms with E-state index in [9.17, 15) is 9.59 Å². The summed E-state index contributed by atoms with van der Waals surface area (Å²) in [6.45, 7) is 1.75. The minimum atomic E-state index is -0.508. The second-order valence-corrected chi connectivity index (χ2v) is 5.09. The molecule has 2 amide bonds. The van der Waals surface area contributed by atoms with Gasteiger partial charge in [-0.15, -0.1) is 0 Å². The highest BCUT2D eigenvalue weighted by molar-refractivity contribution is 6.07. The second kappa shape index (κ2) is 4.15. The van der Waals surface area contributed by atoms with Crippen LogP contribution in [0.3, 0.4) is 0 Å². The van der Waals surface area contributed by atoms with Gasteiger partial charge in [-0.05, 0) is 18.6 Å². The van der Waals surface area contributed by atoms with Crippen molar-refractivity contribution in [3.05, 3.63) is 23.7 Å². The van der Waals surface area contributed by atoms with Crippen molar-refractivity contribution in [1.82, 2.24) is 15.5 Å². The molecule has 1 aromatic carbocycles. The lowest BCUT2D eigenvalue weighted by Gasteiger charge is -2.18. The van der Waals surface area contributed by atoms with Crippen molar-refractivity contribution < 1.29 is 18.5 Å². The zero-order valence-electron chi connectivity index (χ0n) is 11.2. The van der Waals surface area contributed by atoms with Gasteiger partial charge in [0.25, 0.3) is 0 Å². The highest BCUT2D eigenvalue weighted by Gasteiger charge is 2.32. The molecule has 1 unspecified atom stereocenters. The molecule has 21 heavy (non-hydrogen) atoms. The number of aromatic nitrogens is 2. The Hall–Kier alpha value is -2.70. The highest BCUT2D eigenvalue weighted by atomic mass is 16.5. The van der Waals surface area contributed by atoms with Gasteiger partial charge < -0.3 is 8.94 Å². The second-order valence-electron chi connectivity index (χ2n) is 5.09. The fourth-order valence-electron chi connectivity index (χ4n) is 2.75. The molecule has 0 bridgehead atoms. The molecule has 7 nitrogen and oxygen atoms in total. The lowest BCUT2D eigenvalue weighted by Crippen LogP contribution is -2.39. The summed E-state index contributed by atoms with van der Waals surface area (Å²) in [4.78, 5) is 27.6. The summed E-state index contributed by atoms with van der Waals surface area (Å²) in [5.41, 5.74) is 2.31. The fourth-order valence-corrected chi connectivity index (χ4v) is 2.75. The SMILES string of the molecule is Cc1nc2c(ccc3onc(C4CCC(=O)NC4=O)c32)o1. The van der Waals surface area contributed by atoms with Crippen LogP contribution in [-0.4, -0.2) is 22.0 Å². The normalized spacial score (nSPS) is 19.4. The van der Waals surface area contributed by atoms with Crippen LogP contribution in [0.15, 0.2) is 21.1 Å². The number of hydrogen-bond donors (Lipinski definition) is 1. The third kappa shape index (κ3) is 1.74. The Morgan fingerprint density at radius 2 is 2.10 bits per heavy atom. The molecule has 3 aromatic rings. The van der Waals surface area contributed by atoms with Crippen molar-refractivity contribution in [1.29, 1.82) is 0 Å². The Morgan fingerprint density at radius 1 is 1.29 bits per heavy atom. The Bertz CT molecular complexity index is 892. The van der Waals surface area contributed by atoms with Crippen molar-refractivity contribution in [3.63, 3.8) is 0 Å². The standard InChI is InChI=1S/C14H11N3O4/c1-6-15-13-9(20-6)4-3-8-11(13)12(17-21-8)7-2-5-10(18)16-14(7)19/h3-4,7H,2,5H2,1H3,(H,16,18,19). The number of benzene rings is 1. The van der Waals surface area contributed by atoms with Crippen LogP contribution in [0.4, 0.5) is 0 Å². The van der Waals surface area contributed by atoms with Gasteiger partial charge in [-0.25, -0.2) is 4.98 Å². The molecular formula is C14H11N3O4. The number of oxazole rings is 1. The summed E-state index contributed by atoms with van der Waals surface area (Å²) in [5, 5.41) is 7.04. The molecule has 0 saturated carbocycles. The molecular weight excluding hydrogens is 274 g/mol. The smallest absolute Gasteiger partial charge is 0.235 e. The van der Waals surface area contributed by atoms with Gasteiger partial charge in [-0.1, -0.05) is 5.16 Å². The van der Waals surface area contributed by atoms with E-state index in [4.69, 9.17) is 8.94 Å². The monoisotopic (exact) mass is 285 g/mol. The van der Waals surface area contributed by atoms with Gasteiger partial charge >= 0.3 is 0 Å². The van der Waals surface area contributed by atoms with Crippen LogP contribution < -0.4 is 5.32 Å². The number of hydrogen-bond acceptors (Lipinski definition) is 6. The van der Waals surface area contributed by atoms with Gasteiger partial charge in [-0.2, -0.15) is 0 Å². The molecule has 1 atom stereocenters. The first kappa shape index (κ1) is 12.1. The average Bonchev–Trinajstić information content (AvgIpc) is 3.00. The Kier molecular flexibility index (Phi) is 2.38. The van der Waals surface area contributed by atoms with E-state index in [0.717, 1.165) is 0 Å². The van der Waals surface area contributed by atoms with Crippen LogP contribution in [0.25, 0.3) is 22.1 Å². The van der Waals surface area contributed by atoms with E-state index in [0.29, 0.717) is 46.5 Å². The number of imide groups is 1. The van der Waals surface area contributed by atoms with Gasteiger partial charge in [0.05, 0.1) is 11.3 Å². The van der Waals surface area contributed by atoms with Gasteiger partial charge in [0.1, 0.15) is 11.2 Å². The molecule has 1 aliphatic heterocycles. The number of rotatable bonds is 1. The highest BCUT2D eigenvalue weighted by Crippen LogP contribution is 2.34. The molecule has 4 rings (SSSR count). The number of amides is 2. The minimum Gasteiger partial charge on any atom is -0.441 e. The molecule has 106 valence electrons. The Labute approximate surface area is 118 Å². The van der Waals surface area contributed by atoms with Crippen molar-refractivity contribution >= 4 is 33.9 Å². The van der Waals surface area contributed by atoms with E-state index >= 15 is 0 Å². The summed E-state index contributed by atoms with van der Waals surface area (Å²) in [7, 11) is 0. The molecule has 0 aliphatic carbocycles. The predicted molar refractivity (Wildman–Crippen MR) is 71.4 cm³/mol. The lowest BCUT2D eigenvalue weighted by molar-refractivity contribution is -0.134. The molecule has 0 spiro atoms. The largest absolute Gasteiger partial charge is 0.441 e. The number of nitrogens with zero attached hydrogens (tertiary/aromatic N) is 2. The summed E-state index contributed by atoms with van der Waals surface area (Å²) in [5.74, 6) is -0.579. The summed E-state index contributed by atoms with van der Waals surface area (Å²) < 4.78 is 10.8. The molecule has 1 N–H and O–H groups in total. The molecule has 0 radical (unpaired) electrons. The minimum absolute atomic E-state index is 0.258. The number of nitrogens with one attached hydrogen (secondary N) is 1. The van der Waals surface area contributed by atoms with Gasteiger partial charge in [0.15, 0.2) is 17.1 Å². The summed E-state index contributed by atoms with van der Waals surface area (Å²) in [6.07, 6.45) is 0.706. The van der Waals surface area contributed by atoms with Crippen LogP contribution in [0.2, 0.25) is 0 Å². The van der Waals surface area contributed by atoms with Gasteiger partial charge in [0.2, 0.25) is 11.8 Å². The van der Waals surface area contributed by atoms with Crippen LogP contribution in [0.5, 0.6) is 0 Å². The maximum atomic E-state index is 12.0. The van der Waals surface area contributed by atoms with Crippen LogP contribution in [-0.2, 0) is 9.59 Å². The van der Waals surface area contributed by atoms with Gasteiger partial charge in [-0.3, -0.25) is 14.9 Å². The number of carbonyl (C=O) groups is 2. The van der Waals surface area contributed by atoms with E-state index in [1.54, 1.807) is 19.1 Å². The van der Waals surface area contributed by atoms with E-state index in [2.05, 4.69) is 15.5 Å². The fraction of sp³-hybridized carbons (Fsp3) is 0.286. The number of piperidine rings is 1. The third-order valence-electron chi connectivity index (χ3n) is 3.70. The Morgan fingerprint density at radius 3 is 2.90 bits per heavy atom. The molecule has 1 saturated heterocycles. The van der Waals surface area contributed by atoms with Gasteiger partial charge in [0, 0.05) is 13.3 Å². The van der Waals surface area contributed by atoms with Crippen LogP contribution in [0, 0.1) is 6.92 Å². The molecule has 1 fully saturated rings. The van der Waals surface area contributed by atoms with E-state index in [-0.39, 0.29) is 11.8 Å². The average molecular weight is 285 g/mol. The molecule has 7 heteroatoms.